The van der Waals surface area contributed by atoms with Crippen LogP contribution in [0, 0.1) is 11.8 Å². The summed E-state index contributed by atoms with van der Waals surface area (Å²) in [6, 6.07) is -0.337. The maximum Gasteiger partial charge on any atom is 0.237 e. The molecule has 2 atom stereocenters. The summed E-state index contributed by atoms with van der Waals surface area (Å²) in [4.78, 5) is 11.6. The van der Waals surface area contributed by atoms with Gasteiger partial charge in [-0.05, 0) is 18.3 Å². The SMILES string of the molecule is CC[C@H](C)[C@H](N)C(=O)NCCC1CCC1. The fourth-order valence-electron chi connectivity index (χ4n) is 1.81. The average molecular weight is 212 g/mol. The number of nitrogens with two attached hydrogens (primary N) is 1. The van der Waals surface area contributed by atoms with Crippen molar-refractivity contribution in [2.45, 2.75) is 52.0 Å². The highest BCUT2D eigenvalue weighted by molar-refractivity contribution is 5.81. The molecule has 1 fully saturated rings. The smallest absolute Gasteiger partial charge is 0.237 e. The number of nitrogens with one attached hydrogen (secondary N) is 1. The number of hydrogen-bond donors (Lipinski definition) is 2. The van der Waals surface area contributed by atoms with Gasteiger partial charge in [-0.1, -0.05) is 39.5 Å². The van der Waals surface area contributed by atoms with Gasteiger partial charge in [0.15, 0.2) is 0 Å². The molecule has 0 saturated heterocycles. The van der Waals surface area contributed by atoms with E-state index in [0.29, 0.717) is 0 Å². The molecule has 0 aliphatic heterocycles. The Balaban J connectivity index is 2.11. The largest absolute Gasteiger partial charge is 0.355 e. The Kier molecular flexibility index (Phi) is 5.09. The van der Waals surface area contributed by atoms with Crippen LogP contribution in [0.15, 0.2) is 0 Å². The molecule has 3 nitrogen and oxygen atoms in total. The molecule has 1 aliphatic rings. The molecule has 15 heavy (non-hydrogen) atoms. The Hall–Kier alpha value is -0.570. The maximum absolute atomic E-state index is 11.6. The van der Waals surface area contributed by atoms with E-state index < -0.39 is 0 Å². The maximum atomic E-state index is 11.6. The second-order valence-corrected chi connectivity index (χ2v) is 4.79. The van der Waals surface area contributed by atoms with Gasteiger partial charge in [0.2, 0.25) is 5.91 Å². The van der Waals surface area contributed by atoms with Crippen LogP contribution in [0.5, 0.6) is 0 Å². The van der Waals surface area contributed by atoms with Gasteiger partial charge in [0.25, 0.3) is 0 Å². The molecule has 88 valence electrons. The van der Waals surface area contributed by atoms with E-state index in [1.165, 1.54) is 19.3 Å². The molecule has 1 saturated carbocycles. The highest BCUT2D eigenvalue weighted by atomic mass is 16.2. The van der Waals surface area contributed by atoms with Crippen molar-refractivity contribution in [1.29, 1.82) is 0 Å². The van der Waals surface area contributed by atoms with Crippen molar-refractivity contribution < 1.29 is 4.79 Å². The third kappa shape index (κ3) is 3.82. The normalized spacial score (nSPS) is 20.5. The highest BCUT2D eigenvalue weighted by Crippen LogP contribution is 2.28. The van der Waals surface area contributed by atoms with Gasteiger partial charge in [-0.3, -0.25) is 4.79 Å². The van der Waals surface area contributed by atoms with Crippen LogP contribution in [-0.2, 0) is 4.79 Å². The molecule has 0 unspecified atom stereocenters. The van der Waals surface area contributed by atoms with Crippen molar-refractivity contribution in [3.05, 3.63) is 0 Å². The van der Waals surface area contributed by atoms with Gasteiger partial charge in [0.05, 0.1) is 6.04 Å². The standard InChI is InChI=1S/C12H24N2O/c1-3-9(2)11(13)12(15)14-8-7-10-5-4-6-10/h9-11H,3-8,13H2,1-2H3,(H,14,15)/t9-,11-/m0/s1. The number of hydrogen-bond acceptors (Lipinski definition) is 2. The zero-order valence-electron chi connectivity index (χ0n) is 9.96. The fraction of sp³-hybridized carbons (Fsp3) is 0.917. The van der Waals surface area contributed by atoms with Gasteiger partial charge in [0, 0.05) is 6.54 Å². The first kappa shape index (κ1) is 12.5. The molecule has 3 heteroatoms. The number of amides is 1. The van der Waals surface area contributed by atoms with Gasteiger partial charge in [0.1, 0.15) is 0 Å². The lowest BCUT2D eigenvalue weighted by Crippen LogP contribution is -2.45. The third-order valence-corrected chi connectivity index (χ3v) is 3.64. The van der Waals surface area contributed by atoms with E-state index in [1.54, 1.807) is 0 Å². The van der Waals surface area contributed by atoms with E-state index >= 15 is 0 Å². The average Bonchev–Trinajstić information content (AvgIpc) is 2.19. The zero-order valence-corrected chi connectivity index (χ0v) is 9.96. The minimum Gasteiger partial charge on any atom is -0.355 e. The molecule has 1 amide bonds. The lowest BCUT2D eigenvalue weighted by molar-refractivity contribution is -0.123. The van der Waals surface area contributed by atoms with Gasteiger partial charge in [-0.2, -0.15) is 0 Å². The first-order valence-electron chi connectivity index (χ1n) is 6.18. The molecule has 3 N–H and O–H groups in total. The summed E-state index contributed by atoms with van der Waals surface area (Å²) in [6.45, 7) is 4.88. The molecule has 1 aliphatic carbocycles. The zero-order chi connectivity index (χ0) is 11.3. The molecule has 0 aromatic rings. The van der Waals surface area contributed by atoms with Gasteiger partial charge >= 0.3 is 0 Å². The number of rotatable bonds is 6. The van der Waals surface area contributed by atoms with Crippen LogP contribution in [0.3, 0.4) is 0 Å². The predicted molar refractivity (Wildman–Crippen MR) is 62.4 cm³/mol. The monoisotopic (exact) mass is 212 g/mol. The number of carbonyl (C=O) groups is 1. The van der Waals surface area contributed by atoms with Crippen molar-refractivity contribution in [2.75, 3.05) is 6.54 Å². The molecule has 0 bridgehead atoms. The first-order valence-corrected chi connectivity index (χ1v) is 6.18. The van der Waals surface area contributed by atoms with Gasteiger partial charge in [-0.15, -0.1) is 0 Å². The summed E-state index contributed by atoms with van der Waals surface area (Å²) in [5.41, 5.74) is 5.82. The second-order valence-electron chi connectivity index (χ2n) is 4.79. The van der Waals surface area contributed by atoms with Crippen LogP contribution in [0.25, 0.3) is 0 Å². The molecule has 0 spiro atoms. The van der Waals surface area contributed by atoms with Crippen LogP contribution < -0.4 is 11.1 Å². The summed E-state index contributed by atoms with van der Waals surface area (Å²) in [6.07, 6.45) is 6.13. The molecule has 0 radical (unpaired) electrons. The highest BCUT2D eigenvalue weighted by Gasteiger charge is 2.20. The third-order valence-electron chi connectivity index (χ3n) is 3.64. The lowest BCUT2D eigenvalue weighted by Gasteiger charge is -2.25. The minimum absolute atomic E-state index is 0.0173. The van der Waals surface area contributed by atoms with Crippen molar-refractivity contribution in [3.63, 3.8) is 0 Å². The summed E-state index contributed by atoms with van der Waals surface area (Å²) in [5.74, 6) is 1.14. The van der Waals surface area contributed by atoms with E-state index in [1.807, 2.05) is 6.92 Å². The fourth-order valence-corrected chi connectivity index (χ4v) is 1.81. The molecular weight excluding hydrogens is 188 g/mol. The Labute approximate surface area is 92.8 Å². The van der Waals surface area contributed by atoms with E-state index in [-0.39, 0.29) is 17.9 Å². The van der Waals surface area contributed by atoms with Crippen molar-refractivity contribution in [3.8, 4) is 0 Å². The minimum atomic E-state index is -0.337. The van der Waals surface area contributed by atoms with Crippen molar-refractivity contribution >= 4 is 5.91 Å². The Morgan fingerprint density at radius 3 is 2.67 bits per heavy atom. The van der Waals surface area contributed by atoms with E-state index in [9.17, 15) is 4.79 Å². The van der Waals surface area contributed by atoms with Crippen LogP contribution in [-0.4, -0.2) is 18.5 Å². The predicted octanol–water partition coefficient (Wildman–Crippen LogP) is 1.67. The summed E-state index contributed by atoms with van der Waals surface area (Å²) in [5, 5.41) is 2.93. The Morgan fingerprint density at radius 1 is 1.53 bits per heavy atom. The summed E-state index contributed by atoms with van der Waals surface area (Å²) >= 11 is 0. The molecular formula is C12H24N2O. The first-order chi connectivity index (χ1) is 7.15. The molecule has 1 rings (SSSR count). The topological polar surface area (TPSA) is 55.1 Å². The quantitative estimate of drug-likeness (QED) is 0.703. The van der Waals surface area contributed by atoms with Crippen molar-refractivity contribution in [1.82, 2.24) is 5.32 Å². The lowest BCUT2D eigenvalue weighted by atomic mass is 9.83. The van der Waals surface area contributed by atoms with Crippen LogP contribution >= 0.6 is 0 Å². The van der Waals surface area contributed by atoms with E-state index in [0.717, 1.165) is 25.3 Å². The van der Waals surface area contributed by atoms with E-state index in [4.69, 9.17) is 5.73 Å². The summed E-state index contributed by atoms with van der Waals surface area (Å²) in [7, 11) is 0. The van der Waals surface area contributed by atoms with Gasteiger partial charge in [-0.25, -0.2) is 0 Å². The van der Waals surface area contributed by atoms with Crippen LogP contribution in [0.1, 0.15) is 46.0 Å². The molecule has 0 aromatic carbocycles. The van der Waals surface area contributed by atoms with Crippen LogP contribution in [0.2, 0.25) is 0 Å². The molecule has 0 heterocycles. The number of carbonyl (C=O) groups excluding carboxylic acids is 1. The van der Waals surface area contributed by atoms with E-state index in [2.05, 4.69) is 12.2 Å². The van der Waals surface area contributed by atoms with Gasteiger partial charge < -0.3 is 11.1 Å². The Bertz CT molecular complexity index is 202. The van der Waals surface area contributed by atoms with Crippen molar-refractivity contribution in [2.24, 2.45) is 17.6 Å². The summed E-state index contributed by atoms with van der Waals surface area (Å²) < 4.78 is 0. The van der Waals surface area contributed by atoms with Crippen LogP contribution in [0.4, 0.5) is 0 Å². The second kappa shape index (κ2) is 6.11. The molecule has 0 aromatic heterocycles. The Morgan fingerprint density at radius 2 is 2.20 bits per heavy atom.